The van der Waals surface area contributed by atoms with Crippen molar-refractivity contribution in [1.29, 1.82) is 0 Å². The van der Waals surface area contributed by atoms with Crippen molar-refractivity contribution < 1.29 is 19.1 Å². The fourth-order valence-corrected chi connectivity index (χ4v) is 6.15. The van der Waals surface area contributed by atoms with Crippen molar-refractivity contribution in [1.82, 2.24) is 4.90 Å². The van der Waals surface area contributed by atoms with Crippen LogP contribution in [0.25, 0.3) is 6.08 Å². The molecule has 0 unspecified atom stereocenters. The van der Waals surface area contributed by atoms with Crippen molar-refractivity contribution in [2.24, 2.45) is 0 Å². The zero-order valence-electron chi connectivity index (χ0n) is 17.7. The summed E-state index contributed by atoms with van der Waals surface area (Å²) in [4.78, 5) is 38.8. The van der Waals surface area contributed by atoms with E-state index >= 15 is 0 Å². The molecule has 172 valence electrons. The van der Waals surface area contributed by atoms with E-state index in [0.717, 1.165) is 40.7 Å². The lowest BCUT2D eigenvalue weighted by atomic mass is 10.2. The molecule has 0 spiro atoms. The molecule has 1 saturated heterocycles. The van der Waals surface area contributed by atoms with Crippen molar-refractivity contribution in [2.75, 3.05) is 11.9 Å². The number of imide groups is 1. The first-order valence-electron chi connectivity index (χ1n) is 10.2. The number of nitrogens with one attached hydrogen (secondary N) is 1. The van der Waals surface area contributed by atoms with Crippen molar-refractivity contribution in [3.63, 3.8) is 0 Å². The van der Waals surface area contributed by atoms with E-state index in [4.69, 9.17) is 4.74 Å². The van der Waals surface area contributed by atoms with Crippen molar-refractivity contribution in [3.05, 3.63) is 96.0 Å². The van der Waals surface area contributed by atoms with Gasteiger partial charge in [0.1, 0.15) is 18.9 Å². The first kappa shape index (κ1) is 24.7. The minimum Gasteiger partial charge on any atom is -0.487 e. The number of carbonyl (C=O) groups excluding carboxylic acids is 3. The summed E-state index contributed by atoms with van der Waals surface area (Å²) >= 11 is 5.23. The summed E-state index contributed by atoms with van der Waals surface area (Å²) in [7, 11) is 0. The zero-order chi connectivity index (χ0) is 24.1. The summed E-state index contributed by atoms with van der Waals surface area (Å²) in [5, 5.41) is 2.22. The first-order chi connectivity index (χ1) is 16.4. The van der Waals surface area contributed by atoms with E-state index < -0.39 is 17.1 Å². The lowest BCUT2D eigenvalue weighted by Crippen LogP contribution is -2.36. The smallest absolute Gasteiger partial charge is 0.294 e. The van der Waals surface area contributed by atoms with Gasteiger partial charge < -0.3 is 10.1 Å². The van der Waals surface area contributed by atoms with Crippen LogP contribution in [0.2, 0.25) is 0 Å². The molecule has 0 radical (unpaired) electrons. The Labute approximate surface area is 228 Å². The molecule has 0 aromatic heterocycles. The molecule has 1 aliphatic heterocycles. The third-order valence-electron chi connectivity index (χ3n) is 4.78. The molecule has 4 rings (SSSR count). The van der Waals surface area contributed by atoms with Gasteiger partial charge >= 0.3 is 0 Å². The van der Waals surface area contributed by atoms with Gasteiger partial charge in [0.2, 0.25) is 5.91 Å². The van der Waals surface area contributed by atoms with Crippen LogP contribution in [0.1, 0.15) is 11.1 Å². The average Bonchev–Trinajstić information content (AvgIpc) is 3.07. The standard InChI is InChI=1S/C25H18I2N2O4S/c26-19-11-17(12-20(27)23(19)33-15-16-7-3-1-4-8-16)13-21-24(31)29(25(32)34-21)14-22(30)28-18-9-5-2-6-10-18/h1-13H,14-15H2,(H,28,30)/b21-13+. The average molecular weight is 696 g/mol. The Morgan fingerprint density at radius 2 is 1.59 bits per heavy atom. The molecule has 1 heterocycles. The minimum absolute atomic E-state index is 0.280. The van der Waals surface area contributed by atoms with Gasteiger partial charge in [0.05, 0.1) is 12.0 Å². The largest absolute Gasteiger partial charge is 0.487 e. The van der Waals surface area contributed by atoms with Gasteiger partial charge in [-0.2, -0.15) is 0 Å². The number of thioether (sulfide) groups is 1. The number of hydrogen-bond donors (Lipinski definition) is 1. The molecule has 1 N–H and O–H groups in total. The lowest BCUT2D eigenvalue weighted by Gasteiger charge is -2.12. The Bertz CT molecular complexity index is 1240. The fourth-order valence-electron chi connectivity index (χ4n) is 3.18. The monoisotopic (exact) mass is 696 g/mol. The predicted molar refractivity (Wildman–Crippen MR) is 150 cm³/mol. The molecule has 0 aliphatic carbocycles. The molecule has 0 saturated carbocycles. The summed E-state index contributed by atoms with van der Waals surface area (Å²) in [6, 6.07) is 22.6. The van der Waals surface area contributed by atoms with E-state index in [1.165, 1.54) is 0 Å². The molecule has 0 atom stereocenters. The van der Waals surface area contributed by atoms with Crippen LogP contribution < -0.4 is 10.1 Å². The molecular weight excluding hydrogens is 678 g/mol. The zero-order valence-corrected chi connectivity index (χ0v) is 22.8. The van der Waals surface area contributed by atoms with Gasteiger partial charge in [-0.3, -0.25) is 19.3 Å². The molecule has 1 fully saturated rings. The molecule has 9 heteroatoms. The highest BCUT2D eigenvalue weighted by Gasteiger charge is 2.36. The maximum atomic E-state index is 12.8. The third-order valence-corrected chi connectivity index (χ3v) is 7.29. The molecule has 6 nitrogen and oxygen atoms in total. The number of nitrogens with zero attached hydrogens (tertiary/aromatic N) is 1. The third kappa shape index (κ3) is 6.19. The number of amides is 3. The normalized spacial score (nSPS) is 14.5. The number of anilines is 1. The second-order valence-electron chi connectivity index (χ2n) is 7.27. The second kappa shape index (κ2) is 11.4. The van der Waals surface area contributed by atoms with Gasteiger partial charge in [-0.15, -0.1) is 0 Å². The summed E-state index contributed by atoms with van der Waals surface area (Å²) in [5.74, 6) is -0.140. The van der Waals surface area contributed by atoms with E-state index in [9.17, 15) is 14.4 Å². The van der Waals surface area contributed by atoms with Crippen LogP contribution in [-0.4, -0.2) is 28.5 Å². The summed E-state index contributed by atoms with van der Waals surface area (Å²) in [5.41, 5.74) is 2.46. The molecule has 3 amide bonds. The van der Waals surface area contributed by atoms with E-state index in [1.54, 1.807) is 30.3 Å². The topological polar surface area (TPSA) is 75.7 Å². The Hall–Kier alpha value is -2.38. The molecular formula is C25H18I2N2O4S. The number of rotatable bonds is 7. The molecule has 3 aromatic carbocycles. The number of ether oxygens (including phenoxy) is 1. The quantitative estimate of drug-likeness (QED) is 0.237. The van der Waals surface area contributed by atoms with Crippen molar-refractivity contribution in [3.8, 4) is 5.75 Å². The Morgan fingerprint density at radius 1 is 0.971 bits per heavy atom. The van der Waals surface area contributed by atoms with Crippen LogP contribution in [0.15, 0.2) is 77.7 Å². The van der Waals surface area contributed by atoms with Crippen LogP contribution in [0, 0.1) is 7.14 Å². The minimum atomic E-state index is -0.479. The fraction of sp³-hybridized carbons (Fsp3) is 0.0800. The Kier molecular flexibility index (Phi) is 8.27. The van der Waals surface area contributed by atoms with Crippen LogP contribution >= 0.6 is 56.9 Å². The van der Waals surface area contributed by atoms with E-state index in [2.05, 4.69) is 50.5 Å². The number of halogens is 2. The van der Waals surface area contributed by atoms with Crippen molar-refractivity contribution in [2.45, 2.75) is 6.61 Å². The Balaban J connectivity index is 1.44. The van der Waals surface area contributed by atoms with Crippen LogP contribution in [0.5, 0.6) is 5.75 Å². The summed E-state index contributed by atoms with van der Waals surface area (Å²) in [6.07, 6.45) is 1.67. The molecule has 3 aromatic rings. The number of hydrogen-bond acceptors (Lipinski definition) is 5. The van der Waals surface area contributed by atoms with E-state index in [0.29, 0.717) is 12.3 Å². The van der Waals surface area contributed by atoms with Crippen molar-refractivity contribution >= 4 is 85.8 Å². The number of benzene rings is 3. The van der Waals surface area contributed by atoms with Crippen LogP contribution in [0.3, 0.4) is 0 Å². The molecule has 1 aliphatic rings. The lowest BCUT2D eigenvalue weighted by molar-refractivity contribution is -0.127. The molecule has 34 heavy (non-hydrogen) atoms. The van der Waals surface area contributed by atoms with Crippen LogP contribution in [0.4, 0.5) is 10.5 Å². The maximum absolute atomic E-state index is 12.8. The SMILES string of the molecule is O=C(CN1C(=O)S/C(=C/c2cc(I)c(OCc3ccccc3)c(I)c2)C1=O)Nc1ccccc1. The number of carbonyl (C=O) groups is 3. The van der Waals surface area contributed by atoms with Crippen LogP contribution in [-0.2, 0) is 16.2 Å². The van der Waals surface area contributed by atoms with Gasteiger partial charge in [-0.1, -0.05) is 48.5 Å². The predicted octanol–water partition coefficient (Wildman–Crippen LogP) is 6.15. The first-order valence-corrected chi connectivity index (χ1v) is 13.1. The van der Waals surface area contributed by atoms with Gasteiger partial charge in [-0.05, 0) is 98.4 Å². The van der Waals surface area contributed by atoms with E-state index in [1.807, 2.05) is 48.5 Å². The van der Waals surface area contributed by atoms with E-state index in [-0.39, 0.29) is 11.4 Å². The maximum Gasteiger partial charge on any atom is 0.294 e. The highest BCUT2D eigenvalue weighted by atomic mass is 127. The summed E-state index contributed by atoms with van der Waals surface area (Å²) in [6.45, 7) is 0.119. The molecule has 0 bridgehead atoms. The second-order valence-corrected chi connectivity index (χ2v) is 10.6. The Morgan fingerprint density at radius 3 is 2.24 bits per heavy atom. The highest BCUT2D eigenvalue weighted by Crippen LogP contribution is 2.35. The van der Waals surface area contributed by atoms with Gasteiger partial charge in [-0.25, -0.2) is 0 Å². The van der Waals surface area contributed by atoms with Gasteiger partial charge in [0, 0.05) is 5.69 Å². The summed E-state index contributed by atoms with van der Waals surface area (Å²) < 4.78 is 7.80. The van der Waals surface area contributed by atoms with Gasteiger partial charge in [0.25, 0.3) is 11.1 Å². The van der Waals surface area contributed by atoms with Gasteiger partial charge in [0.15, 0.2) is 0 Å². The highest BCUT2D eigenvalue weighted by molar-refractivity contribution is 14.1. The number of para-hydroxylation sites is 1.